The van der Waals surface area contributed by atoms with Crippen molar-refractivity contribution in [1.82, 2.24) is 10.3 Å². The number of methoxy groups -OCH3 is 1. The summed E-state index contributed by atoms with van der Waals surface area (Å²) in [5, 5.41) is 2.67. The summed E-state index contributed by atoms with van der Waals surface area (Å²) in [7, 11) is 1.30. The average Bonchev–Trinajstić information content (AvgIpc) is 3.30. The van der Waals surface area contributed by atoms with Crippen molar-refractivity contribution < 1.29 is 14.3 Å². The second-order valence-electron chi connectivity index (χ2n) is 5.40. The highest BCUT2D eigenvalue weighted by Crippen LogP contribution is 2.33. The number of carbonyl (C=O) groups excluding carboxylic acids is 2. The third kappa shape index (κ3) is 4.82. The van der Waals surface area contributed by atoms with Crippen LogP contribution in [-0.4, -0.2) is 36.1 Å². The second kappa shape index (κ2) is 7.17. The largest absolute Gasteiger partial charge is 0.467 e. The monoisotopic (exact) mass is 291 g/mol. The maximum Gasteiger partial charge on any atom is 0.328 e. The lowest BCUT2D eigenvalue weighted by Gasteiger charge is -2.19. The number of carbonyl (C=O) groups is 2. The van der Waals surface area contributed by atoms with Gasteiger partial charge in [-0.2, -0.15) is 0 Å². The molecule has 0 aromatic carbocycles. The van der Waals surface area contributed by atoms with Crippen LogP contribution in [0.15, 0.2) is 24.4 Å². The van der Waals surface area contributed by atoms with Crippen molar-refractivity contribution in [3.63, 3.8) is 0 Å². The zero-order valence-corrected chi connectivity index (χ0v) is 12.1. The number of esters is 1. The SMILES string of the molecule is COC(=O)[C@H](Cc1ccccn1)NC(=O)[C@@H](N)CC1CC1. The molecule has 0 saturated heterocycles. The summed E-state index contributed by atoms with van der Waals surface area (Å²) in [5.41, 5.74) is 6.57. The summed E-state index contributed by atoms with van der Waals surface area (Å²) in [6.45, 7) is 0. The van der Waals surface area contributed by atoms with Gasteiger partial charge >= 0.3 is 5.97 Å². The number of ether oxygens (including phenoxy) is 1. The van der Waals surface area contributed by atoms with Crippen molar-refractivity contribution in [2.75, 3.05) is 7.11 Å². The van der Waals surface area contributed by atoms with E-state index in [2.05, 4.69) is 10.3 Å². The molecular formula is C15H21N3O3. The maximum absolute atomic E-state index is 12.1. The lowest BCUT2D eigenvalue weighted by molar-refractivity contribution is -0.145. The van der Waals surface area contributed by atoms with Crippen LogP contribution in [0.1, 0.15) is 25.0 Å². The molecule has 1 aliphatic rings. The highest BCUT2D eigenvalue weighted by Gasteiger charge is 2.29. The third-order valence-electron chi connectivity index (χ3n) is 3.56. The fourth-order valence-corrected chi connectivity index (χ4v) is 2.16. The molecule has 1 saturated carbocycles. The molecule has 0 aliphatic heterocycles. The fourth-order valence-electron chi connectivity index (χ4n) is 2.16. The van der Waals surface area contributed by atoms with E-state index < -0.39 is 18.1 Å². The molecular weight excluding hydrogens is 270 g/mol. The number of aromatic nitrogens is 1. The number of nitrogens with two attached hydrogens (primary N) is 1. The molecule has 114 valence electrons. The van der Waals surface area contributed by atoms with Crippen LogP contribution in [0, 0.1) is 5.92 Å². The van der Waals surface area contributed by atoms with E-state index in [1.807, 2.05) is 6.07 Å². The van der Waals surface area contributed by atoms with Crippen molar-refractivity contribution in [2.45, 2.75) is 37.8 Å². The number of rotatable bonds is 7. The maximum atomic E-state index is 12.1. The van der Waals surface area contributed by atoms with E-state index in [1.165, 1.54) is 7.11 Å². The molecule has 2 rings (SSSR count). The fraction of sp³-hybridized carbons (Fsp3) is 0.533. The summed E-state index contributed by atoms with van der Waals surface area (Å²) in [5.74, 6) is -0.251. The molecule has 1 aromatic heterocycles. The Bertz CT molecular complexity index is 488. The zero-order valence-electron chi connectivity index (χ0n) is 12.1. The first kappa shape index (κ1) is 15.4. The van der Waals surface area contributed by atoms with Crippen LogP contribution >= 0.6 is 0 Å². The molecule has 1 aromatic rings. The van der Waals surface area contributed by atoms with Crippen molar-refractivity contribution in [2.24, 2.45) is 11.7 Å². The van der Waals surface area contributed by atoms with Gasteiger partial charge in [0.2, 0.25) is 5.91 Å². The highest BCUT2D eigenvalue weighted by molar-refractivity contribution is 5.87. The second-order valence-corrected chi connectivity index (χ2v) is 5.40. The van der Waals surface area contributed by atoms with E-state index in [4.69, 9.17) is 10.5 Å². The Morgan fingerprint density at radius 3 is 2.81 bits per heavy atom. The molecule has 21 heavy (non-hydrogen) atoms. The van der Waals surface area contributed by atoms with Gasteiger partial charge in [0.05, 0.1) is 13.2 Å². The van der Waals surface area contributed by atoms with Crippen molar-refractivity contribution in [3.8, 4) is 0 Å². The first-order valence-corrected chi connectivity index (χ1v) is 7.14. The van der Waals surface area contributed by atoms with E-state index in [-0.39, 0.29) is 12.3 Å². The van der Waals surface area contributed by atoms with Gasteiger partial charge in [0, 0.05) is 18.3 Å². The van der Waals surface area contributed by atoms with Gasteiger partial charge in [0.1, 0.15) is 6.04 Å². The predicted molar refractivity (Wildman–Crippen MR) is 77.2 cm³/mol. The van der Waals surface area contributed by atoms with Crippen LogP contribution in [0.4, 0.5) is 0 Å². The van der Waals surface area contributed by atoms with Crippen LogP contribution in [0.5, 0.6) is 0 Å². The molecule has 1 amide bonds. The van der Waals surface area contributed by atoms with E-state index in [1.54, 1.807) is 18.3 Å². The van der Waals surface area contributed by atoms with E-state index in [0.717, 1.165) is 12.8 Å². The highest BCUT2D eigenvalue weighted by atomic mass is 16.5. The van der Waals surface area contributed by atoms with Crippen molar-refractivity contribution >= 4 is 11.9 Å². The Balaban J connectivity index is 1.95. The van der Waals surface area contributed by atoms with Gasteiger partial charge in [-0.05, 0) is 24.5 Å². The van der Waals surface area contributed by atoms with E-state index >= 15 is 0 Å². The van der Waals surface area contributed by atoms with Gasteiger partial charge in [-0.25, -0.2) is 4.79 Å². The Morgan fingerprint density at radius 2 is 2.24 bits per heavy atom. The minimum absolute atomic E-state index is 0.287. The number of pyridine rings is 1. The molecule has 0 spiro atoms. The van der Waals surface area contributed by atoms with Gasteiger partial charge in [0.15, 0.2) is 0 Å². The lowest BCUT2D eigenvalue weighted by Crippen LogP contribution is -2.49. The summed E-state index contributed by atoms with van der Waals surface area (Å²) in [4.78, 5) is 28.0. The zero-order chi connectivity index (χ0) is 15.2. The molecule has 2 atom stereocenters. The molecule has 1 heterocycles. The van der Waals surface area contributed by atoms with Crippen LogP contribution in [-0.2, 0) is 20.7 Å². The van der Waals surface area contributed by atoms with Gasteiger partial charge in [-0.1, -0.05) is 18.9 Å². The number of amides is 1. The van der Waals surface area contributed by atoms with Crippen molar-refractivity contribution in [1.29, 1.82) is 0 Å². The van der Waals surface area contributed by atoms with E-state index in [9.17, 15) is 9.59 Å². The summed E-state index contributed by atoms with van der Waals surface area (Å²) < 4.78 is 4.74. The van der Waals surface area contributed by atoms with Crippen LogP contribution in [0.25, 0.3) is 0 Å². The van der Waals surface area contributed by atoms with Crippen molar-refractivity contribution in [3.05, 3.63) is 30.1 Å². The summed E-state index contributed by atoms with van der Waals surface area (Å²) in [6, 6.07) is 4.08. The Labute approximate surface area is 124 Å². The standard InChI is InChI=1S/C15H21N3O3/c1-21-15(20)13(9-11-4-2-3-7-17-11)18-14(19)12(16)8-10-5-6-10/h2-4,7,10,12-13H,5-6,8-9,16H2,1H3,(H,18,19)/t12-,13-/m0/s1. The van der Waals surface area contributed by atoms with Crippen LogP contribution in [0.3, 0.4) is 0 Å². The number of hydrogen-bond donors (Lipinski definition) is 2. The first-order valence-electron chi connectivity index (χ1n) is 7.14. The smallest absolute Gasteiger partial charge is 0.328 e. The van der Waals surface area contributed by atoms with Crippen LogP contribution in [0.2, 0.25) is 0 Å². The number of hydrogen-bond acceptors (Lipinski definition) is 5. The number of nitrogens with one attached hydrogen (secondary N) is 1. The minimum atomic E-state index is -0.761. The van der Waals surface area contributed by atoms with E-state index in [0.29, 0.717) is 18.0 Å². The summed E-state index contributed by atoms with van der Waals surface area (Å²) >= 11 is 0. The number of nitrogens with zero attached hydrogens (tertiary/aromatic N) is 1. The topological polar surface area (TPSA) is 94.3 Å². The minimum Gasteiger partial charge on any atom is -0.467 e. The van der Waals surface area contributed by atoms with Gasteiger partial charge in [0.25, 0.3) is 0 Å². The molecule has 6 heteroatoms. The molecule has 6 nitrogen and oxygen atoms in total. The predicted octanol–water partition coefficient (Wildman–Crippen LogP) is 0.409. The van der Waals surface area contributed by atoms with Gasteiger partial charge in [-0.15, -0.1) is 0 Å². The Hall–Kier alpha value is -1.95. The lowest BCUT2D eigenvalue weighted by atomic mass is 10.1. The third-order valence-corrected chi connectivity index (χ3v) is 3.56. The molecule has 1 fully saturated rings. The molecule has 0 radical (unpaired) electrons. The molecule has 1 aliphatic carbocycles. The van der Waals surface area contributed by atoms with Crippen LogP contribution < -0.4 is 11.1 Å². The first-order chi connectivity index (χ1) is 10.1. The quantitative estimate of drug-likeness (QED) is 0.710. The normalized spacial score (nSPS) is 16.9. The Morgan fingerprint density at radius 1 is 1.48 bits per heavy atom. The summed E-state index contributed by atoms with van der Waals surface area (Å²) in [6.07, 6.45) is 4.87. The molecule has 0 unspecified atom stereocenters. The Kier molecular flexibility index (Phi) is 5.27. The molecule has 0 bridgehead atoms. The van der Waals surface area contributed by atoms with Gasteiger partial charge < -0.3 is 15.8 Å². The molecule has 3 N–H and O–H groups in total. The average molecular weight is 291 g/mol. The van der Waals surface area contributed by atoms with Gasteiger partial charge in [-0.3, -0.25) is 9.78 Å².